The van der Waals surface area contributed by atoms with Gasteiger partial charge in [-0.1, -0.05) is 12.1 Å². The normalized spacial score (nSPS) is 12.2. The number of benzene rings is 2. The van der Waals surface area contributed by atoms with Crippen LogP contribution >= 0.6 is 0 Å². The maximum atomic E-state index is 13.2. The predicted molar refractivity (Wildman–Crippen MR) is 85.7 cm³/mol. The van der Waals surface area contributed by atoms with Crippen LogP contribution < -0.4 is 5.32 Å². The number of carboxylic acids is 1. The summed E-state index contributed by atoms with van der Waals surface area (Å²) < 4.78 is 39.4. The fourth-order valence-electron chi connectivity index (χ4n) is 2.45. The van der Waals surface area contributed by atoms with Crippen LogP contribution in [0.2, 0.25) is 0 Å². The Morgan fingerprint density at radius 2 is 1.64 bits per heavy atom. The molecule has 0 aromatic heterocycles. The van der Waals surface area contributed by atoms with E-state index in [0.29, 0.717) is 13.1 Å². The number of carboxylic acid groups (broad SMARTS) is 1. The van der Waals surface area contributed by atoms with E-state index in [1.807, 2.05) is 0 Å². The van der Waals surface area contributed by atoms with Gasteiger partial charge >= 0.3 is 5.97 Å². The number of carbonyl (C=O) groups is 1. The van der Waals surface area contributed by atoms with Crippen LogP contribution in [0.1, 0.15) is 21.5 Å². The fraction of sp³-hybridized carbons (Fsp3) is 0.278. The lowest BCUT2D eigenvalue weighted by Crippen LogP contribution is -2.26. The lowest BCUT2D eigenvalue weighted by molar-refractivity contribution is 0.0697. The van der Waals surface area contributed by atoms with E-state index in [-0.39, 0.29) is 30.1 Å². The summed E-state index contributed by atoms with van der Waals surface area (Å²) >= 11 is 0. The Labute approximate surface area is 142 Å². The Morgan fingerprint density at radius 1 is 1.04 bits per heavy atom. The van der Waals surface area contributed by atoms with Crippen LogP contribution in [-0.2, 0) is 13.0 Å². The maximum Gasteiger partial charge on any atom is 0.335 e. The van der Waals surface area contributed by atoms with E-state index in [0.717, 1.165) is 17.7 Å². The number of aliphatic hydroxyl groups is 1. The zero-order valence-corrected chi connectivity index (χ0v) is 13.3. The highest BCUT2D eigenvalue weighted by Gasteiger charge is 2.14. The first-order valence-corrected chi connectivity index (χ1v) is 7.68. The summed E-state index contributed by atoms with van der Waals surface area (Å²) in [5.74, 6) is -5.32. The highest BCUT2D eigenvalue weighted by atomic mass is 19.2. The van der Waals surface area contributed by atoms with Crippen molar-refractivity contribution in [1.29, 1.82) is 0 Å². The maximum absolute atomic E-state index is 13.2. The van der Waals surface area contributed by atoms with Gasteiger partial charge in [0.1, 0.15) is 0 Å². The minimum Gasteiger partial charge on any atom is -0.478 e. The molecule has 0 saturated carbocycles. The molecule has 0 bridgehead atoms. The molecule has 0 aliphatic rings. The molecule has 0 spiro atoms. The molecule has 0 fully saturated rings. The van der Waals surface area contributed by atoms with Gasteiger partial charge in [0, 0.05) is 19.7 Å². The van der Waals surface area contributed by atoms with Gasteiger partial charge in [0.2, 0.25) is 0 Å². The fourth-order valence-corrected chi connectivity index (χ4v) is 2.45. The van der Waals surface area contributed by atoms with Gasteiger partial charge in [-0.05, 0) is 47.7 Å². The molecule has 1 unspecified atom stereocenters. The molecule has 0 amide bonds. The van der Waals surface area contributed by atoms with Gasteiger partial charge in [0.25, 0.3) is 0 Å². The van der Waals surface area contributed by atoms with Gasteiger partial charge in [-0.2, -0.15) is 0 Å². The third kappa shape index (κ3) is 5.30. The molecule has 0 saturated heterocycles. The highest BCUT2D eigenvalue weighted by Crippen LogP contribution is 2.16. The number of nitrogens with one attached hydrogen (secondary N) is 1. The van der Waals surface area contributed by atoms with E-state index in [2.05, 4.69) is 5.32 Å². The number of hydrogen-bond donors (Lipinski definition) is 3. The predicted octanol–water partition coefficient (Wildman–Crippen LogP) is 2.74. The lowest BCUT2D eigenvalue weighted by Gasteiger charge is -2.15. The van der Waals surface area contributed by atoms with E-state index < -0.39 is 23.4 Å². The molecule has 3 N–H and O–H groups in total. The lowest BCUT2D eigenvalue weighted by atomic mass is 9.99. The smallest absolute Gasteiger partial charge is 0.335 e. The molecule has 4 nitrogen and oxygen atoms in total. The van der Waals surface area contributed by atoms with Crippen molar-refractivity contribution in [1.82, 2.24) is 5.32 Å². The monoisotopic (exact) mass is 353 g/mol. The van der Waals surface area contributed by atoms with Crippen molar-refractivity contribution in [2.24, 2.45) is 5.92 Å². The van der Waals surface area contributed by atoms with Gasteiger partial charge in [-0.25, -0.2) is 18.0 Å². The van der Waals surface area contributed by atoms with E-state index in [4.69, 9.17) is 5.11 Å². The standard InChI is InChI=1S/C18H18F3NO3/c19-15-6-12(7-16(20)17(15)21)5-13(10-23)9-22-8-11-1-3-14(4-2-11)18(24)25/h1-4,6-7,13,22-23H,5,8-10H2,(H,24,25). The largest absolute Gasteiger partial charge is 0.478 e. The summed E-state index contributed by atoms with van der Waals surface area (Å²) in [4.78, 5) is 10.8. The molecule has 1 atom stereocenters. The molecule has 2 rings (SSSR count). The molecule has 2 aromatic rings. The average molecular weight is 353 g/mol. The third-order valence-electron chi connectivity index (χ3n) is 3.79. The average Bonchev–Trinajstić information content (AvgIpc) is 2.59. The number of hydrogen-bond acceptors (Lipinski definition) is 3. The van der Waals surface area contributed by atoms with Crippen molar-refractivity contribution in [2.45, 2.75) is 13.0 Å². The molecule has 0 heterocycles. The first kappa shape index (κ1) is 19.0. The molecular weight excluding hydrogens is 335 g/mol. The minimum atomic E-state index is -1.51. The van der Waals surface area contributed by atoms with E-state index in [1.54, 1.807) is 12.1 Å². The van der Waals surface area contributed by atoms with Crippen LogP contribution in [0, 0.1) is 23.4 Å². The molecule has 7 heteroatoms. The van der Waals surface area contributed by atoms with Crippen LogP contribution in [0.4, 0.5) is 13.2 Å². The molecule has 2 aromatic carbocycles. The Hall–Kier alpha value is -2.38. The van der Waals surface area contributed by atoms with Crippen LogP contribution in [0.5, 0.6) is 0 Å². The minimum absolute atomic E-state index is 0.190. The SMILES string of the molecule is O=C(O)c1ccc(CNCC(CO)Cc2cc(F)c(F)c(F)c2)cc1. The van der Waals surface area contributed by atoms with Crippen molar-refractivity contribution in [3.05, 3.63) is 70.5 Å². The summed E-state index contributed by atoms with van der Waals surface area (Å²) in [6, 6.07) is 8.18. The van der Waals surface area contributed by atoms with E-state index in [1.165, 1.54) is 12.1 Å². The Balaban J connectivity index is 1.88. The molecule has 0 radical (unpaired) electrons. The number of halogens is 3. The van der Waals surface area contributed by atoms with Crippen molar-refractivity contribution in [3.8, 4) is 0 Å². The van der Waals surface area contributed by atoms with Gasteiger partial charge in [-0.3, -0.25) is 0 Å². The summed E-state index contributed by atoms with van der Waals surface area (Å²) in [6.07, 6.45) is 0.190. The molecule has 134 valence electrons. The molecular formula is C18H18F3NO3. The van der Waals surface area contributed by atoms with Crippen molar-refractivity contribution in [2.75, 3.05) is 13.2 Å². The zero-order valence-electron chi connectivity index (χ0n) is 13.3. The van der Waals surface area contributed by atoms with Gasteiger partial charge in [0.05, 0.1) is 5.56 Å². The van der Waals surface area contributed by atoms with Crippen LogP contribution in [-0.4, -0.2) is 29.3 Å². The number of rotatable bonds is 8. The number of aromatic carboxylic acids is 1. The molecule has 0 aliphatic carbocycles. The van der Waals surface area contributed by atoms with Crippen molar-refractivity contribution >= 4 is 5.97 Å². The summed E-state index contributed by atoms with van der Waals surface area (Å²) in [5, 5.41) is 21.3. The quantitative estimate of drug-likeness (QED) is 0.639. The first-order valence-electron chi connectivity index (χ1n) is 7.68. The highest BCUT2D eigenvalue weighted by molar-refractivity contribution is 5.87. The first-order chi connectivity index (χ1) is 11.9. The van der Waals surface area contributed by atoms with E-state index >= 15 is 0 Å². The van der Waals surface area contributed by atoms with Crippen molar-refractivity contribution in [3.63, 3.8) is 0 Å². The molecule has 25 heavy (non-hydrogen) atoms. The Kier molecular flexibility index (Phi) is 6.55. The zero-order chi connectivity index (χ0) is 18.4. The Morgan fingerprint density at radius 3 is 2.16 bits per heavy atom. The number of aliphatic hydroxyl groups excluding tert-OH is 1. The van der Waals surface area contributed by atoms with Crippen LogP contribution in [0.25, 0.3) is 0 Å². The third-order valence-corrected chi connectivity index (χ3v) is 3.79. The second kappa shape index (κ2) is 8.64. The summed E-state index contributed by atoms with van der Waals surface area (Å²) in [6.45, 7) is 0.617. The van der Waals surface area contributed by atoms with Gasteiger partial charge in [-0.15, -0.1) is 0 Å². The second-order valence-corrected chi connectivity index (χ2v) is 5.76. The second-order valence-electron chi connectivity index (χ2n) is 5.76. The van der Waals surface area contributed by atoms with Crippen molar-refractivity contribution < 1.29 is 28.2 Å². The van der Waals surface area contributed by atoms with Gasteiger partial charge < -0.3 is 15.5 Å². The van der Waals surface area contributed by atoms with Crippen LogP contribution in [0.15, 0.2) is 36.4 Å². The van der Waals surface area contributed by atoms with Gasteiger partial charge in [0.15, 0.2) is 17.5 Å². The van der Waals surface area contributed by atoms with Crippen LogP contribution in [0.3, 0.4) is 0 Å². The van der Waals surface area contributed by atoms with E-state index in [9.17, 15) is 23.1 Å². The molecule has 0 aliphatic heterocycles. The summed E-state index contributed by atoms with van der Waals surface area (Å²) in [5.41, 5.74) is 1.32. The Bertz CT molecular complexity index is 712. The topological polar surface area (TPSA) is 69.6 Å². The summed E-state index contributed by atoms with van der Waals surface area (Å²) in [7, 11) is 0.